The van der Waals surface area contributed by atoms with Crippen molar-refractivity contribution >= 4 is 11.6 Å². The monoisotopic (exact) mass is 173 g/mol. The molecule has 1 aromatic heterocycles. The van der Waals surface area contributed by atoms with E-state index in [9.17, 15) is 0 Å². The summed E-state index contributed by atoms with van der Waals surface area (Å²) in [4.78, 5) is 0. The summed E-state index contributed by atoms with van der Waals surface area (Å²) >= 11 is 5.79. The van der Waals surface area contributed by atoms with E-state index in [2.05, 4.69) is 19.0 Å². The van der Waals surface area contributed by atoms with E-state index < -0.39 is 0 Å². The average Bonchev–Trinajstić information content (AvgIpc) is 2.33. The first-order valence-corrected chi connectivity index (χ1v) is 4.15. The van der Waals surface area contributed by atoms with Crippen LogP contribution in [0.5, 0.6) is 0 Å². The molecule has 0 spiro atoms. The highest BCUT2D eigenvalue weighted by Gasteiger charge is 2.10. The molecule has 1 atom stereocenters. The highest BCUT2D eigenvalue weighted by molar-refractivity contribution is 6.20. The molecule has 0 saturated carbocycles. The third-order valence-electron chi connectivity index (χ3n) is 1.53. The Kier molecular flexibility index (Phi) is 2.55. The molecule has 0 aliphatic heterocycles. The summed E-state index contributed by atoms with van der Waals surface area (Å²) in [6.07, 6.45) is 0. The zero-order chi connectivity index (χ0) is 8.43. The summed E-state index contributed by atoms with van der Waals surface area (Å²) < 4.78 is 5.01. The number of aromatic nitrogens is 1. The van der Waals surface area contributed by atoms with Gasteiger partial charge in [0.15, 0.2) is 5.76 Å². The van der Waals surface area contributed by atoms with E-state index >= 15 is 0 Å². The SMILES string of the molecule is CC(C)c1cc(C(C)Cl)on1. The fraction of sp³-hybridized carbons (Fsp3) is 0.625. The summed E-state index contributed by atoms with van der Waals surface area (Å²) in [7, 11) is 0. The zero-order valence-corrected chi connectivity index (χ0v) is 7.72. The Morgan fingerprint density at radius 2 is 2.09 bits per heavy atom. The maximum Gasteiger partial charge on any atom is 0.154 e. The van der Waals surface area contributed by atoms with E-state index in [0.29, 0.717) is 5.92 Å². The minimum atomic E-state index is -0.0880. The first kappa shape index (κ1) is 8.60. The predicted octanol–water partition coefficient (Wildman–Crippen LogP) is 3.10. The van der Waals surface area contributed by atoms with Crippen molar-refractivity contribution in [2.45, 2.75) is 32.1 Å². The number of hydrogen-bond donors (Lipinski definition) is 0. The van der Waals surface area contributed by atoms with Gasteiger partial charge in [0.1, 0.15) is 0 Å². The molecule has 0 aromatic carbocycles. The molecule has 0 saturated heterocycles. The molecular formula is C8H12ClNO. The Hall–Kier alpha value is -0.500. The van der Waals surface area contributed by atoms with Gasteiger partial charge in [-0.05, 0) is 12.8 Å². The predicted molar refractivity (Wildman–Crippen MR) is 44.9 cm³/mol. The lowest BCUT2D eigenvalue weighted by atomic mass is 10.1. The lowest BCUT2D eigenvalue weighted by Crippen LogP contribution is -1.84. The van der Waals surface area contributed by atoms with Gasteiger partial charge in [-0.3, -0.25) is 0 Å². The maximum absolute atomic E-state index is 5.79. The molecule has 1 rings (SSSR count). The summed E-state index contributed by atoms with van der Waals surface area (Å²) in [5, 5.41) is 3.79. The molecule has 0 aliphatic carbocycles. The van der Waals surface area contributed by atoms with E-state index in [-0.39, 0.29) is 5.38 Å². The van der Waals surface area contributed by atoms with Gasteiger partial charge in [-0.25, -0.2) is 0 Å². The minimum absolute atomic E-state index is 0.0880. The van der Waals surface area contributed by atoms with Crippen LogP contribution in [0.1, 0.15) is 43.5 Å². The molecule has 3 heteroatoms. The summed E-state index contributed by atoms with van der Waals surface area (Å²) in [6.45, 7) is 6.01. The second-order valence-corrected chi connectivity index (χ2v) is 3.58. The fourth-order valence-electron chi connectivity index (χ4n) is 0.763. The van der Waals surface area contributed by atoms with Crippen LogP contribution < -0.4 is 0 Å². The molecule has 2 nitrogen and oxygen atoms in total. The fourth-order valence-corrected chi connectivity index (χ4v) is 0.866. The first-order valence-electron chi connectivity index (χ1n) is 3.72. The van der Waals surface area contributed by atoms with Crippen molar-refractivity contribution in [1.82, 2.24) is 5.16 Å². The van der Waals surface area contributed by atoms with Gasteiger partial charge in [0.25, 0.3) is 0 Å². The summed E-state index contributed by atoms with van der Waals surface area (Å²) in [5.41, 5.74) is 0.965. The van der Waals surface area contributed by atoms with Crippen molar-refractivity contribution in [3.05, 3.63) is 17.5 Å². The van der Waals surface area contributed by atoms with Gasteiger partial charge in [-0.1, -0.05) is 19.0 Å². The molecule has 0 radical (unpaired) electrons. The van der Waals surface area contributed by atoms with Crippen LogP contribution in [0.25, 0.3) is 0 Å². The van der Waals surface area contributed by atoms with Crippen LogP contribution in [0.15, 0.2) is 10.6 Å². The zero-order valence-electron chi connectivity index (χ0n) is 6.97. The molecule has 0 bridgehead atoms. The number of alkyl halides is 1. The average molecular weight is 174 g/mol. The van der Waals surface area contributed by atoms with Crippen molar-refractivity contribution in [1.29, 1.82) is 0 Å². The van der Waals surface area contributed by atoms with E-state index in [1.54, 1.807) is 0 Å². The highest BCUT2D eigenvalue weighted by atomic mass is 35.5. The van der Waals surface area contributed by atoms with Gasteiger partial charge in [-0.15, -0.1) is 11.6 Å². The van der Waals surface area contributed by atoms with Crippen molar-refractivity contribution < 1.29 is 4.52 Å². The van der Waals surface area contributed by atoms with Gasteiger partial charge in [-0.2, -0.15) is 0 Å². The Labute approximate surface area is 71.5 Å². The lowest BCUT2D eigenvalue weighted by molar-refractivity contribution is 0.375. The van der Waals surface area contributed by atoms with E-state index in [4.69, 9.17) is 16.1 Å². The Bertz CT molecular complexity index is 207. The number of nitrogens with zero attached hydrogens (tertiary/aromatic N) is 1. The Morgan fingerprint density at radius 3 is 2.36 bits per heavy atom. The van der Waals surface area contributed by atoms with Crippen LogP contribution >= 0.6 is 11.6 Å². The van der Waals surface area contributed by atoms with Crippen molar-refractivity contribution in [2.75, 3.05) is 0 Å². The first-order chi connectivity index (χ1) is 5.11. The lowest BCUT2D eigenvalue weighted by Gasteiger charge is -1.94. The second-order valence-electron chi connectivity index (χ2n) is 2.92. The van der Waals surface area contributed by atoms with Crippen LogP contribution in [0.3, 0.4) is 0 Å². The van der Waals surface area contributed by atoms with Crippen LogP contribution in [0, 0.1) is 0 Å². The number of halogens is 1. The molecule has 0 aliphatic rings. The third-order valence-corrected chi connectivity index (χ3v) is 1.75. The van der Waals surface area contributed by atoms with Gasteiger partial charge in [0, 0.05) is 6.07 Å². The van der Waals surface area contributed by atoms with Gasteiger partial charge in [0.05, 0.1) is 11.1 Å². The molecule has 11 heavy (non-hydrogen) atoms. The normalized spacial score (nSPS) is 13.9. The molecule has 1 heterocycles. The summed E-state index contributed by atoms with van der Waals surface area (Å²) in [6, 6.07) is 1.91. The van der Waals surface area contributed by atoms with Crippen molar-refractivity contribution in [3.8, 4) is 0 Å². The standard InChI is InChI=1S/C8H12ClNO/c1-5(2)7-4-8(6(3)9)11-10-7/h4-6H,1-3H3. The van der Waals surface area contributed by atoms with Gasteiger partial charge < -0.3 is 4.52 Å². The Morgan fingerprint density at radius 1 is 1.45 bits per heavy atom. The van der Waals surface area contributed by atoms with Crippen molar-refractivity contribution in [2.24, 2.45) is 0 Å². The second kappa shape index (κ2) is 3.26. The highest BCUT2D eigenvalue weighted by Crippen LogP contribution is 2.22. The molecule has 0 fully saturated rings. The van der Waals surface area contributed by atoms with Crippen LogP contribution in [-0.4, -0.2) is 5.16 Å². The van der Waals surface area contributed by atoms with Crippen LogP contribution in [0.4, 0.5) is 0 Å². The number of rotatable bonds is 2. The largest absolute Gasteiger partial charge is 0.360 e. The van der Waals surface area contributed by atoms with Crippen molar-refractivity contribution in [3.63, 3.8) is 0 Å². The minimum Gasteiger partial charge on any atom is -0.360 e. The molecule has 1 aromatic rings. The van der Waals surface area contributed by atoms with E-state index in [0.717, 1.165) is 11.5 Å². The molecule has 1 unspecified atom stereocenters. The topological polar surface area (TPSA) is 26.0 Å². The quantitative estimate of drug-likeness (QED) is 0.643. The number of hydrogen-bond acceptors (Lipinski definition) is 2. The third kappa shape index (κ3) is 1.96. The summed E-state index contributed by atoms with van der Waals surface area (Å²) in [5.74, 6) is 1.15. The van der Waals surface area contributed by atoms with Gasteiger partial charge in [0.2, 0.25) is 0 Å². The smallest absolute Gasteiger partial charge is 0.154 e. The molecule has 0 N–H and O–H groups in total. The maximum atomic E-state index is 5.79. The molecule has 62 valence electrons. The molecule has 0 amide bonds. The van der Waals surface area contributed by atoms with Gasteiger partial charge >= 0.3 is 0 Å². The van der Waals surface area contributed by atoms with E-state index in [1.165, 1.54) is 0 Å². The molecular weight excluding hydrogens is 162 g/mol. The van der Waals surface area contributed by atoms with Crippen LogP contribution in [-0.2, 0) is 0 Å². The van der Waals surface area contributed by atoms with Crippen LogP contribution in [0.2, 0.25) is 0 Å². The van der Waals surface area contributed by atoms with E-state index in [1.807, 2.05) is 13.0 Å². The Balaban J connectivity index is 2.82.